The Labute approximate surface area is 185 Å². The number of hydrogen-bond acceptors (Lipinski definition) is 4. The summed E-state index contributed by atoms with van der Waals surface area (Å²) in [4.78, 5) is 34.6. The van der Waals surface area contributed by atoms with Crippen LogP contribution in [0.1, 0.15) is 22.7 Å². The first-order valence-electron chi connectivity index (χ1n) is 10.2. The Hall–Kier alpha value is -3.15. The minimum atomic E-state index is -0.882. The van der Waals surface area contributed by atoms with Gasteiger partial charge in [-0.25, -0.2) is 9.96 Å². The van der Waals surface area contributed by atoms with Gasteiger partial charge < -0.3 is 0 Å². The number of nitrogens with zero attached hydrogens (tertiary/aromatic N) is 2. The number of carbonyl (C=O) groups is 2. The van der Waals surface area contributed by atoms with E-state index in [1.165, 1.54) is 4.90 Å². The monoisotopic (exact) mass is 432 g/mol. The summed E-state index contributed by atoms with van der Waals surface area (Å²) in [6.07, 6.45) is -0.882. The summed E-state index contributed by atoms with van der Waals surface area (Å²) >= 11 is 6.10. The molecule has 0 aromatic heterocycles. The number of para-hydroxylation sites is 2. The highest BCUT2D eigenvalue weighted by Gasteiger charge is 2.60. The largest absolute Gasteiger partial charge is 0.273 e. The number of carbonyl (C=O) groups excluding carboxylic acids is 2. The van der Waals surface area contributed by atoms with Crippen LogP contribution in [0.15, 0.2) is 72.8 Å². The molecule has 0 bridgehead atoms. The third-order valence-electron chi connectivity index (χ3n) is 6.00. The van der Waals surface area contributed by atoms with Gasteiger partial charge in [-0.1, -0.05) is 60.1 Å². The van der Waals surface area contributed by atoms with Gasteiger partial charge in [0.1, 0.15) is 5.92 Å². The van der Waals surface area contributed by atoms with Gasteiger partial charge >= 0.3 is 0 Å². The van der Waals surface area contributed by atoms with Crippen molar-refractivity contribution in [3.05, 3.63) is 94.5 Å². The topological polar surface area (TPSA) is 49.9 Å². The minimum absolute atomic E-state index is 0.245. The van der Waals surface area contributed by atoms with Crippen LogP contribution in [0.3, 0.4) is 0 Å². The van der Waals surface area contributed by atoms with E-state index in [2.05, 4.69) is 0 Å². The first kappa shape index (κ1) is 19.8. The van der Waals surface area contributed by atoms with Crippen molar-refractivity contribution in [2.45, 2.75) is 26.0 Å². The summed E-state index contributed by atoms with van der Waals surface area (Å²) in [5.74, 6) is -1.23. The molecule has 0 radical (unpaired) electrons. The van der Waals surface area contributed by atoms with Crippen molar-refractivity contribution in [1.29, 1.82) is 0 Å². The van der Waals surface area contributed by atoms with E-state index in [-0.39, 0.29) is 11.8 Å². The Kier molecular flexibility index (Phi) is 4.80. The van der Waals surface area contributed by atoms with Gasteiger partial charge in [0.15, 0.2) is 6.10 Å². The molecule has 5 rings (SSSR count). The Balaban J connectivity index is 1.61. The SMILES string of the molecule is Cc1cccc(C)c1N1C(=O)[C@H]2[C@@H](c3ccc(Cl)cc3)N(c3ccccc3)O[C@H]2C1=O. The summed E-state index contributed by atoms with van der Waals surface area (Å²) in [6.45, 7) is 3.82. The maximum atomic E-state index is 13.7. The predicted molar refractivity (Wildman–Crippen MR) is 120 cm³/mol. The maximum absolute atomic E-state index is 13.7. The molecule has 2 aliphatic heterocycles. The van der Waals surface area contributed by atoms with Crippen LogP contribution in [0.5, 0.6) is 0 Å². The highest BCUT2D eigenvalue weighted by Crippen LogP contribution is 2.48. The lowest BCUT2D eigenvalue weighted by Crippen LogP contribution is -2.38. The molecule has 2 saturated heterocycles. The highest BCUT2D eigenvalue weighted by atomic mass is 35.5. The van der Waals surface area contributed by atoms with Gasteiger partial charge in [0.2, 0.25) is 5.91 Å². The summed E-state index contributed by atoms with van der Waals surface area (Å²) in [7, 11) is 0. The number of amides is 2. The molecule has 0 saturated carbocycles. The zero-order valence-corrected chi connectivity index (χ0v) is 17.9. The number of rotatable bonds is 3. The van der Waals surface area contributed by atoms with Gasteiger partial charge in [-0.2, -0.15) is 0 Å². The normalized spacial score (nSPS) is 22.9. The summed E-state index contributed by atoms with van der Waals surface area (Å²) in [5, 5.41) is 2.30. The molecule has 0 spiro atoms. The average molecular weight is 433 g/mol. The van der Waals surface area contributed by atoms with Crippen LogP contribution in [0.25, 0.3) is 0 Å². The van der Waals surface area contributed by atoms with Crippen molar-refractivity contribution < 1.29 is 14.4 Å². The van der Waals surface area contributed by atoms with Crippen molar-refractivity contribution in [3.8, 4) is 0 Å². The quantitative estimate of drug-likeness (QED) is 0.546. The molecular weight excluding hydrogens is 412 g/mol. The van der Waals surface area contributed by atoms with Crippen molar-refractivity contribution in [3.63, 3.8) is 0 Å². The fourth-order valence-electron chi connectivity index (χ4n) is 4.59. The van der Waals surface area contributed by atoms with Crippen LogP contribution in [-0.4, -0.2) is 17.9 Å². The number of aryl methyl sites for hydroxylation is 2. The average Bonchev–Trinajstić information content (AvgIpc) is 3.27. The van der Waals surface area contributed by atoms with Crippen LogP contribution >= 0.6 is 11.6 Å². The van der Waals surface area contributed by atoms with Crippen molar-refractivity contribution >= 4 is 34.8 Å². The molecular formula is C25H21ClN2O3. The summed E-state index contributed by atoms with van der Waals surface area (Å²) in [6, 6.07) is 22.2. The molecule has 0 aliphatic carbocycles. The van der Waals surface area contributed by atoms with E-state index in [1.807, 2.05) is 74.5 Å². The van der Waals surface area contributed by atoms with E-state index in [0.717, 1.165) is 22.4 Å². The zero-order valence-electron chi connectivity index (χ0n) is 17.2. The Bertz CT molecular complexity index is 1140. The molecule has 0 unspecified atom stereocenters. The molecule has 2 fully saturated rings. The molecule has 2 heterocycles. The maximum Gasteiger partial charge on any atom is 0.266 e. The van der Waals surface area contributed by atoms with Gasteiger partial charge in [-0.3, -0.25) is 14.4 Å². The van der Waals surface area contributed by atoms with Crippen LogP contribution < -0.4 is 9.96 Å². The van der Waals surface area contributed by atoms with Gasteiger partial charge in [0, 0.05) is 5.02 Å². The standard InChI is InChI=1S/C25H21ClN2O3/c1-15-7-6-8-16(2)21(15)27-24(29)20-22(17-11-13-18(26)14-12-17)28(31-23(20)25(27)30)19-9-4-3-5-10-19/h3-14,20,22-23H,1-2H3/t20-,22+,23+/m0/s1. The van der Waals surface area contributed by atoms with E-state index in [4.69, 9.17) is 16.4 Å². The fourth-order valence-corrected chi connectivity index (χ4v) is 4.72. The van der Waals surface area contributed by atoms with Crippen molar-refractivity contribution in [1.82, 2.24) is 0 Å². The van der Waals surface area contributed by atoms with Crippen LogP contribution in [0.2, 0.25) is 5.02 Å². The lowest BCUT2D eigenvalue weighted by Gasteiger charge is -2.29. The molecule has 5 nitrogen and oxygen atoms in total. The highest BCUT2D eigenvalue weighted by molar-refractivity contribution is 6.30. The second-order valence-electron chi connectivity index (χ2n) is 7.96. The molecule has 2 aliphatic rings. The lowest BCUT2D eigenvalue weighted by molar-refractivity contribution is -0.126. The smallest absolute Gasteiger partial charge is 0.266 e. The number of halogens is 1. The van der Waals surface area contributed by atoms with E-state index in [0.29, 0.717) is 10.7 Å². The molecule has 31 heavy (non-hydrogen) atoms. The third-order valence-corrected chi connectivity index (χ3v) is 6.25. The summed E-state index contributed by atoms with van der Waals surface area (Å²) in [5.41, 5.74) is 4.06. The third kappa shape index (κ3) is 3.12. The number of anilines is 2. The molecule has 2 amide bonds. The molecule has 3 aromatic carbocycles. The van der Waals surface area contributed by atoms with Crippen LogP contribution in [0.4, 0.5) is 11.4 Å². The number of fused-ring (bicyclic) bond motifs is 1. The van der Waals surface area contributed by atoms with Gasteiger partial charge in [0.05, 0.1) is 17.4 Å². The number of imide groups is 1. The van der Waals surface area contributed by atoms with Gasteiger partial charge in [-0.05, 0) is 54.8 Å². The van der Waals surface area contributed by atoms with Crippen LogP contribution in [0, 0.1) is 19.8 Å². The lowest BCUT2D eigenvalue weighted by atomic mass is 9.90. The minimum Gasteiger partial charge on any atom is -0.273 e. The zero-order chi connectivity index (χ0) is 21.7. The number of hydroxylamine groups is 1. The van der Waals surface area contributed by atoms with Crippen molar-refractivity contribution in [2.24, 2.45) is 5.92 Å². The Morgan fingerprint density at radius 2 is 1.45 bits per heavy atom. The molecule has 6 heteroatoms. The van der Waals surface area contributed by atoms with E-state index in [9.17, 15) is 9.59 Å². The predicted octanol–water partition coefficient (Wildman–Crippen LogP) is 5.01. The fraction of sp³-hybridized carbons (Fsp3) is 0.200. The van der Waals surface area contributed by atoms with E-state index < -0.39 is 18.1 Å². The molecule has 0 N–H and O–H groups in total. The van der Waals surface area contributed by atoms with Gasteiger partial charge in [-0.15, -0.1) is 0 Å². The molecule has 156 valence electrons. The summed E-state index contributed by atoms with van der Waals surface area (Å²) < 4.78 is 0. The Morgan fingerprint density at radius 3 is 2.10 bits per heavy atom. The first-order chi connectivity index (χ1) is 15.0. The van der Waals surface area contributed by atoms with E-state index >= 15 is 0 Å². The van der Waals surface area contributed by atoms with Gasteiger partial charge in [0.25, 0.3) is 5.91 Å². The van der Waals surface area contributed by atoms with Crippen LogP contribution in [-0.2, 0) is 14.4 Å². The van der Waals surface area contributed by atoms with E-state index in [1.54, 1.807) is 17.2 Å². The van der Waals surface area contributed by atoms with Crippen molar-refractivity contribution in [2.75, 3.05) is 9.96 Å². The molecule has 3 aromatic rings. The second-order valence-corrected chi connectivity index (χ2v) is 8.40. The number of benzene rings is 3. The number of hydrogen-bond donors (Lipinski definition) is 0. The Morgan fingerprint density at radius 1 is 0.806 bits per heavy atom. The second kappa shape index (κ2) is 7.52. The first-order valence-corrected chi connectivity index (χ1v) is 10.6. The molecule has 3 atom stereocenters.